The smallest absolute Gasteiger partial charge is 0.136 e. The Kier molecular flexibility index (Phi) is 4.28. The lowest BCUT2D eigenvalue weighted by Crippen LogP contribution is -2.16. The summed E-state index contributed by atoms with van der Waals surface area (Å²) in [4.78, 5) is 4.00. The minimum Gasteiger partial charge on any atom is -0.383 e. The quantitative estimate of drug-likeness (QED) is 0.531. The number of nitrogen functional groups attached to an aromatic ring is 1. The molecule has 1 rings (SSSR count). The van der Waals surface area contributed by atoms with Crippen molar-refractivity contribution >= 4 is 17.4 Å². The van der Waals surface area contributed by atoms with Crippen LogP contribution in [0.1, 0.15) is 16.7 Å². The van der Waals surface area contributed by atoms with E-state index in [0.29, 0.717) is 37.0 Å². The summed E-state index contributed by atoms with van der Waals surface area (Å²) in [6.07, 6.45) is 0.658. The van der Waals surface area contributed by atoms with Crippen molar-refractivity contribution in [2.24, 2.45) is 17.2 Å². The van der Waals surface area contributed by atoms with Gasteiger partial charge in [0.2, 0.25) is 0 Å². The standard InChI is InChI=1S/C9H16ClN5/c10-8-6(3-12)5(1-2-11)7(4-13)9(14)15-8/h1-4,11-13H2,(H2,14,15). The second-order valence-electron chi connectivity index (χ2n) is 3.17. The molecular formula is C9H16ClN5. The van der Waals surface area contributed by atoms with Crippen molar-refractivity contribution in [1.29, 1.82) is 0 Å². The summed E-state index contributed by atoms with van der Waals surface area (Å²) >= 11 is 5.95. The molecule has 0 fully saturated rings. The molecule has 0 amide bonds. The predicted octanol–water partition coefficient (Wildman–Crippen LogP) is -0.264. The van der Waals surface area contributed by atoms with Gasteiger partial charge < -0.3 is 22.9 Å². The number of pyridine rings is 1. The molecule has 0 spiro atoms. The average Bonchev–Trinajstić information content (AvgIpc) is 2.18. The van der Waals surface area contributed by atoms with E-state index in [0.717, 1.165) is 16.7 Å². The van der Waals surface area contributed by atoms with Gasteiger partial charge in [0.25, 0.3) is 0 Å². The van der Waals surface area contributed by atoms with Crippen molar-refractivity contribution in [3.8, 4) is 0 Å². The Labute approximate surface area is 93.8 Å². The number of nitrogens with zero attached hydrogens (tertiary/aromatic N) is 1. The number of aromatic nitrogens is 1. The molecule has 0 radical (unpaired) electrons. The first-order chi connectivity index (χ1) is 7.15. The highest BCUT2D eigenvalue weighted by Crippen LogP contribution is 2.25. The van der Waals surface area contributed by atoms with Crippen LogP contribution in [0.4, 0.5) is 5.82 Å². The molecule has 0 aliphatic carbocycles. The van der Waals surface area contributed by atoms with Crippen LogP contribution in [0.5, 0.6) is 0 Å². The zero-order chi connectivity index (χ0) is 11.4. The Morgan fingerprint density at radius 2 is 1.60 bits per heavy atom. The molecule has 1 heterocycles. The van der Waals surface area contributed by atoms with Crippen molar-refractivity contribution in [3.63, 3.8) is 0 Å². The number of nitrogens with two attached hydrogens (primary N) is 4. The van der Waals surface area contributed by atoms with Crippen LogP contribution < -0.4 is 22.9 Å². The van der Waals surface area contributed by atoms with Crippen LogP contribution in [0.15, 0.2) is 0 Å². The van der Waals surface area contributed by atoms with E-state index in [2.05, 4.69) is 4.98 Å². The monoisotopic (exact) mass is 229 g/mol. The van der Waals surface area contributed by atoms with E-state index in [1.807, 2.05) is 0 Å². The fourth-order valence-corrected chi connectivity index (χ4v) is 1.87. The van der Waals surface area contributed by atoms with Gasteiger partial charge in [-0.15, -0.1) is 0 Å². The van der Waals surface area contributed by atoms with Crippen molar-refractivity contribution in [3.05, 3.63) is 21.8 Å². The second kappa shape index (κ2) is 5.27. The van der Waals surface area contributed by atoms with E-state index in [9.17, 15) is 0 Å². The maximum absolute atomic E-state index is 5.95. The predicted molar refractivity (Wildman–Crippen MR) is 62.2 cm³/mol. The van der Waals surface area contributed by atoms with E-state index in [-0.39, 0.29) is 0 Å². The van der Waals surface area contributed by atoms with E-state index in [4.69, 9.17) is 34.5 Å². The topological polar surface area (TPSA) is 117 Å². The molecule has 0 aliphatic rings. The van der Waals surface area contributed by atoms with Gasteiger partial charge in [-0.25, -0.2) is 4.98 Å². The Morgan fingerprint density at radius 1 is 1.00 bits per heavy atom. The van der Waals surface area contributed by atoms with Gasteiger partial charge in [0.05, 0.1) is 0 Å². The molecule has 84 valence electrons. The van der Waals surface area contributed by atoms with Crippen LogP contribution in [-0.2, 0) is 19.5 Å². The Morgan fingerprint density at radius 3 is 2.07 bits per heavy atom. The molecule has 0 unspecified atom stereocenters. The molecule has 0 bridgehead atoms. The summed E-state index contributed by atoms with van der Waals surface area (Å²) in [6.45, 7) is 1.13. The Hall–Kier alpha value is -0.880. The summed E-state index contributed by atoms with van der Waals surface area (Å²) < 4.78 is 0. The minimum absolute atomic E-state index is 0.314. The van der Waals surface area contributed by atoms with Gasteiger partial charge in [0, 0.05) is 24.2 Å². The summed E-state index contributed by atoms with van der Waals surface area (Å²) in [7, 11) is 0. The number of rotatable bonds is 4. The summed E-state index contributed by atoms with van der Waals surface area (Å²) in [5, 5.41) is 0.343. The normalized spacial score (nSPS) is 10.7. The highest BCUT2D eigenvalue weighted by atomic mass is 35.5. The molecule has 0 aromatic carbocycles. The number of halogens is 1. The van der Waals surface area contributed by atoms with Crippen LogP contribution >= 0.6 is 11.6 Å². The van der Waals surface area contributed by atoms with Crippen molar-refractivity contribution in [2.75, 3.05) is 12.3 Å². The lowest BCUT2D eigenvalue weighted by Gasteiger charge is -2.15. The highest BCUT2D eigenvalue weighted by Gasteiger charge is 2.14. The van der Waals surface area contributed by atoms with E-state index in [1.54, 1.807) is 0 Å². The molecule has 0 saturated carbocycles. The second-order valence-corrected chi connectivity index (χ2v) is 3.53. The van der Waals surface area contributed by atoms with Crippen molar-refractivity contribution < 1.29 is 0 Å². The summed E-state index contributed by atoms with van der Waals surface area (Å²) in [5.74, 6) is 0.364. The van der Waals surface area contributed by atoms with Gasteiger partial charge in [-0.1, -0.05) is 11.6 Å². The summed E-state index contributed by atoms with van der Waals surface area (Å²) in [6, 6.07) is 0. The van der Waals surface area contributed by atoms with Crippen LogP contribution in [0.3, 0.4) is 0 Å². The third-order valence-corrected chi connectivity index (χ3v) is 2.62. The molecule has 0 aliphatic heterocycles. The molecule has 5 nitrogen and oxygen atoms in total. The van der Waals surface area contributed by atoms with Crippen molar-refractivity contribution in [2.45, 2.75) is 19.5 Å². The third-order valence-electron chi connectivity index (χ3n) is 2.31. The molecule has 15 heavy (non-hydrogen) atoms. The molecule has 1 aromatic heterocycles. The van der Waals surface area contributed by atoms with Gasteiger partial charge in [-0.05, 0) is 18.5 Å². The van der Waals surface area contributed by atoms with Crippen LogP contribution in [0.2, 0.25) is 5.15 Å². The fourth-order valence-electron chi connectivity index (χ4n) is 1.58. The molecule has 1 aromatic rings. The van der Waals surface area contributed by atoms with Gasteiger partial charge in [0.1, 0.15) is 11.0 Å². The van der Waals surface area contributed by atoms with Gasteiger partial charge in [-0.3, -0.25) is 0 Å². The molecule has 0 saturated heterocycles. The fraction of sp³-hybridized carbons (Fsp3) is 0.444. The zero-order valence-electron chi connectivity index (χ0n) is 8.46. The molecule has 6 heteroatoms. The number of hydrogen-bond acceptors (Lipinski definition) is 5. The largest absolute Gasteiger partial charge is 0.383 e. The highest BCUT2D eigenvalue weighted by molar-refractivity contribution is 6.30. The molecule has 8 N–H and O–H groups in total. The Bertz CT molecular complexity index is 325. The zero-order valence-corrected chi connectivity index (χ0v) is 9.22. The Balaban J connectivity index is 3.36. The van der Waals surface area contributed by atoms with Gasteiger partial charge >= 0.3 is 0 Å². The van der Waals surface area contributed by atoms with Crippen molar-refractivity contribution in [1.82, 2.24) is 4.98 Å². The van der Waals surface area contributed by atoms with Crippen LogP contribution in [-0.4, -0.2) is 11.5 Å². The first kappa shape index (κ1) is 12.2. The lowest BCUT2D eigenvalue weighted by atomic mass is 10.00. The average molecular weight is 230 g/mol. The first-order valence-electron chi connectivity index (χ1n) is 4.71. The number of anilines is 1. The van der Waals surface area contributed by atoms with Crippen LogP contribution in [0.25, 0.3) is 0 Å². The van der Waals surface area contributed by atoms with E-state index < -0.39 is 0 Å². The lowest BCUT2D eigenvalue weighted by molar-refractivity contribution is 0.884. The van der Waals surface area contributed by atoms with Gasteiger partial charge in [-0.2, -0.15) is 0 Å². The maximum Gasteiger partial charge on any atom is 0.136 e. The molecular weight excluding hydrogens is 214 g/mol. The number of hydrogen-bond donors (Lipinski definition) is 4. The molecule has 0 atom stereocenters. The third kappa shape index (κ3) is 2.38. The maximum atomic E-state index is 5.95. The van der Waals surface area contributed by atoms with E-state index in [1.165, 1.54) is 0 Å². The van der Waals surface area contributed by atoms with Gasteiger partial charge in [0.15, 0.2) is 0 Å². The summed E-state index contributed by atoms with van der Waals surface area (Å²) in [5.41, 5.74) is 25.0. The van der Waals surface area contributed by atoms with E-state index >= 15 is 0 Å². The first-order valence-corrected chi connectivity index (χ1v) is 5.09. The SMILES string of the molecule is NCCc1c(CN)c(N)nc(Cl)c1CN. The van der Waals surface area contributed by atoms with Crippen LogP contribution in [0, 0.1) is 0 Å². The minimum atomic E-state index is 0.314.